The largest absolute Gasteiger partial charge is 0.379 e. The van der Waals surface area contributed by atoms with Gasteiger partial charge in [0.05, 0.1) is 19.8 Å². The van der Waals surface area contributed by atoms with Gasteiger partial charge in [-0.2, -0.15) is 0 Å². The molecule has 0 saturated carbocycles. The summed E-state index contributed by atoms with van der Waals surface area (Å²) in [5, 5.41) is 12.2. The second-order valence-corrected chi connectivity index (χ2v) is 7.02. The van der Waals surface area contributed by atoms with Crippen LogP contribution < -0.4 is 5.32 Å². The summed E-state index contributed by atoms with van der Waals surface area (Å²) in [6, 6.07) is 10.3. The van der Waals surface area contributed by atoms with E-state index in [0.717, 1.165) is 75.0 Å². The van der Waals surface area contributed by atoms with Gasteiger partial charge in [-0.05, 0) is 12.0 Å². The predicted octanol–water partition coefficient (Wildman–Crippen LogP) is 1.97. The van der Waals surface area contributed by atoms with E-state index in [1.54, 1.807) is 0 Å². The molecule has 2 aromatic heterocycles. The van der Waals surface area contributed by atoms with Gasteiger partial charge in [0.25, 0.3) is 0 Å². The number of benzene rings is 1. The van der Waals surface area contributed by atoms with Crippen molar-refractivity contribution in [1.82, 2.24) is 29.9 Å². The molecule has 0 radical (unpaired) electrons. The first kappa shape index (κ1) is 18.8. The zero-order chi connectivity index (χ0) is 19.2. The van der Waals surface area contributed by atoms with Crippen molar-refractivity contribution in [3.8, 4) is 0 Å². The maximum Gasteiger partial charge on any atom is 0.184 e. The van der Waals surface area contributed by atoms with Crippen LogP contribution in [0, 0.1) is 0 Å². The van der Waals surface area contributed by atoms with Crippen LogP contribution in [-0.2, 0) is 17.7 Å². The van der Waals surface area contributed by atoms with Gasteiger partial charge in [-0.15, -0.1) is 5.10 Å². The minimum atomic E-state index is 0.646. The third kappa shape index (κ3) is 4.45. The molecule has 0 aliphatic carbocycles. The Bertz CT molecular complexity index is 890. The molecule has 0 spiro atoms. The van der Waals surface area contributed by atoms with Crippen LogP contribution in [0.15, 0.2) is 30.3 Å². The number of morpholine rings is 1. The number of fused-ring (bicyclic) bond motifs is 1. The molecule has 1 aliphatic rings. The average Bonchev–Trinajstić information content (AvgIpc) is 3.13. The molecule has 1 fully saturated rings. The Balaban J connectivity index is 1.54. The summed E-state index contributed by atoms with van der Waals surface area (Å²) >= 11 is 0. The fourth-order valence-corrected chi connectivity index (χ4v) is 3.38. The highest BCUT2D eigenvalue weighted by Gasteiger charge is 2.16. The quantitative estimate of drug-likeness (QED) is 0.639. The van der Waals surface area contributed by atoms with Crippen LogP contribution in [0.3, 0.4) is 0 Å². The fourth-order valence-electron chi connectivity index (χ4n) is 3.38. The van der Waals surface area contributed by atoms with Crippen molar-refractivity contribution in [2.45, 2.75) is 26.3 Å². The summed E-state index contributed by atoms with van der Waals surface area (Å²) in [4.78, 5) is 11.8. The first-order chi connectivity index (χ1) is 13.8. The van der Waals surface area contributed by atoms with Gasteiger partial charge in [0, 0.05) is 32.6 Å². The summed E-state index contributed by atoms with van der Waals surface area (Å²) in [7, 11) is 0. The van der Waals surface area contributed by atoms with E-state index in [1.807, 2.05) is 22.9 Å². The first-order valence-corrected chi connectivity index (χ1v) is 10.0. The molecule has 3 heterocycles. The maximum absolute atomic E-state index is 5.41. The van der Waals surface area contributed by atoms with Gasteiger partial charge in [-0.25, -0.2) is 14.6 Å². The van der Waals surface area contributed by atoms with Gasteiger partial charge in [0.15, 0.2) is 17.0 Å². The van der Waals surface area contributed by atoms with Crippen molar-refractivity contribution in [2.75, 3.05) is 44.7 Å². The minimum absolute atomic E-state index is 0.646. The van der Waals surface area contributed by atoms with Gasteiger partial charge in [0.1, 0.15) is 5.82 Å². The molecule has 1 N–H and O–H groups in total. The van der Waals surface area contributed by atoms with Crippen molar-refractivity contribution in [1.29, 1.82) is 0 Å². The molecule has 148 valence electrons. The molecule has 3 aromatic rings. The molecule has 4 rings (SSSR count). The van der Waals surface area contributed by atoms with Gasteiger partial charge >= 0.3 is 0 Å². The van der Waals surface area contributed by atoms with E-state index in [1.165, 1.54) is 5.56 Å². The SMILES string of the molecule is CCCc1nc(NCCN2CCOCC2)c2nnn(Cc3ccccc3)c2n1. The van der Waals surface area contributed by atoms with E-state index in [-0.39, 0.29) is 0 Å². The van der Waals surface area contributed by atoms with Crippen LogP contribution in [0.1, 0.15) is 24.7 Å². The second kappa shape index (κ2) is 9.07. The molecular weight excluding hydrogens is 354 g/mol. The van der Waals surface area contributed by atoms with Crippen LogP contribution in [-0.4, -0.2) is 69.3 Å². The second-order valence-electron chi connectivity index (χ2n) is 7.02. The first-order valence-electron chi connectivity index (χ1n) is 10.0. The number of nitrogens with zero attached hydrogens (tertiary/aromatic N) is 6. The Morgan fingerprint density at radius 3 is 2.71 bits per heavy atom. The maximum atomic E-state index is 5.41. The number of rotatable bonds is 8. The molecule has 1 aliphatic heterocycles. The van der Waals surface area contributed by atoms with Crippen molar-refractivity contribution in [2.24, 2.45) is 0 Å². The van der Waals surface area contributed by atoms with Crippen LogP contribution in [0.4, 0.5) is 5.82 Å². The molecule has 0 amide bonds. The van der Waals surface area contributed by atoms with Gasteiger partial charge in [-0.3, -0.25) is 4.90 Å². The Morgan fingerprint density at radius 2 is 1.93 bits per heavy atom. The highest BCUT2D eigenvalue weighted by Crippen LogP contribution is 2.19. The summed E-state index contributed by atoms with van der Waals surface area (Å²) < 4.78 is 7.27. The van der Waals surface area contributed by atoms with E-state index >= 15 is 0 Å². The molecule has 8 nitrogen and oxygen atoms in total. The normalized spacial score (nSPS) is 15.2. The standard InChI is InChI=1S/C20H27N7O/c1-2-6-17-22-19(21-9-10-26-11-13-28-14-12-26)18-20(23-17)27(25-24-18)15-16-7-4-3-5-8-16/h3-5,7-8H,2,6,9-15H2,1H3,(H,21,22,23). The van der Waals surface area contributed by atoms with Crippen molar-refractivity contribution in [3.05, 3.63) is 41.7 Å². The van der Waals surface area contributed by atoms with E-state index < -0.39 is 0 Å². The van der Waals surface area contributed by atoms with Crippen LogP contribution >= 0.6 is 0 Å². The van der Waals surface area contributed by atoms with Gasteiger partial charge < -0.3 is 10.1 Å². The summed E-state index contributed by atoms with van der Waals surface area (Å²) in [6.07, 6.45) is 1.84. The van der Waals surface area contributed by atoms with Crippen LogP contribution in [0.2, 0.25) is 0 Å². The van der Waals surface area contributed by atoms with E-state index in [2.05, 4.69) is 39.6 Å². The monoisotopic (exact) mass is 381 g/mol. The lowest BCUT2D eigenvalue weighted by Crippen LogP contribution is -2.39. The average molecular weight is 381 g/mol. The Kier molecular flexibility index (Phi) is 6.08. The topological polar surface area (TPSA) is 81.0 Å². The van der Waals surface area contributed by atoms with Crippen molar-refractivity contribution in [3.63, 3.8) is 0 Å². The molecule has 8 heteroatoms. The molecule has 1 saturated heterocycles. The number of nitrogens with one attached hydrogen (secondary N) is 1. The zero-order valence-corrected chi connectivity index (χ0v) is 16.3. The van der Waals surface area contributed by atoms with Crippen molar-refractivity contribution >= 4 is 17.0 Å². The van der Waals surface area contributed by atoms with E-state index in [9.17, 15) is 0 Å². The summed E-state index contributed by atoms with van der Waals surface area (Å²) in [6.45, 7) is 8.13. The van der Waals surface area contributed by atoms with Gasteiger partial charge in [0.2, 0.25) is 0 Å². The number of anilines is 1. The van der Waals surface area contributed by atoms with Gasteiger partial charge in [-0.1, -0.05) is 42.5 Å². The number of ether oxygens (including phenoxy) is 1. The Labute approximate surface area is 164 Å². The molecule has 0 bridgehead atoms. The summed E-state index contributed by atoms with van der Waals surface area (Å²) in [5.74, 6) is 1.61. The molecule has 1 aromatic carbocycles. The number of aromatic nitrogens is 5. The van der Waals surface area contributed by atoms with Crippen molar-refractivity contribution < 1.29 is 4.74 Å². The molecule has 28 heavy (non-hydrogen) atoms. The Hall–Kier alpha value is -2.58. The minimum Gasteiger partial charge on any atom is -0.379 e. The lowest BCUT2D eigenvalue weighted by atomic mass is 10.2. The fraction of sp³-hybridized carbons (Fsp3) is 0.500. The lowest BCUT2D eigenvalue weighted by Gasteiger charge is -2.26. The predicted molar refractivity (Wildman–Crippen MR) is 108 cm³/mol. The lowest BCUT2D eigenvalue weighted by molar-refractivity contribution is 0.0398. The third-order valence-electron chi connectivity index (χ3n) is 4.88. The van der Waals surface area contributed by atoms with Crippen LogP contribution in [0.5, 0.6) is 0 Å². The Morgan fingerprint density at radius 1 is 1.11 bits per heavy atom. The number of hydrogen-bond acceptors (Lipinski definition) is 7. The summed E-state index contributed by atoms with van der Waals surface area (Å²) in [5.41, 5.74) is 2.70. The van der Waals surface area contributed by atoms with Crippen LogP contribution in [0.25, 0.3) is 11.2 Å². The number of aryl methyl sites for hydroxylation is 1. The zero-order valence-electron chi connectivity index (χ0n) is 16.3. The smallest absolute Gasteiger partial charge is 0.184 e. The van der Waals surface area contributed by atoms with E-state index in [4.69, 9.17) is 14.7 Å². The number of hydrogen-bond donors (Lipinski definition) is 1. The molecule has 0 unspecified atom stereocenters. The molecular formula is C20H27N7O. The highest BCUT2D eigenvalue weighted by atomic mass is 16.5. The highest BCUT2D eigenvalue weighted by molar-refractivity contribution is 5.82. The third-order valence-corrected chi connectivity index (χ3v) is 4.88. The molecule has 0 atom stereocenters. The van der Waals surface area contributed by atoms with E-state index in [0.29, 0.717) is 6.54 Å².